The van der Waals surface area contributed by atoms with Crippen molar-refractivity contribution in [3.8, 4) is 22.5 Å². The average Bonchev–Trinajstić information content (AvgIpc) is 3.15. The molecule has 0 spiro atoms. The summed E-state index contributed by atoms with van der Waals surface area (Å²) >= 11 is 0. The van der Waals surface area contributed by atoms with Crippen LogP contribution >= 0.6 is 0 Å². The van der Waals surface area contributed by atoms with Gasteiger partial charge in [0.1, 0.15) is 5.82 Å². The van der Waals surface area contributed by atoms with Crippen LogP contribution in [-0.4, -0.2) is 20.2 Å². The van der Waals surface area contributed by atoms with Crippen molar-refractivity contribution < 1.29 is 8.78 Å². The van der Waals surface area contributed by atoms with Gasteiger partial charge in [0.05, 0.1) is 23.1 Å². The first kappa shape index (κ1) is 13.6. The number of nitrogens with one attached hydrogen (secondary N) is 2. The first-order valence-corrected chi connectivity index (χ1v) is 7.07. The monoisotopic (exact) mass is 310 g/mol. The topological polar surface area (TPSA) is 57.4 Å². The summed E-state index contributed by atoms with van der Waals surface area (Å²) in [6.07, 6.45) is 1.74. The number of aromatic amines is 2. The third-order valence-corrected chi connectivity index (χ3v) is 3.74. The summed E-state index contributed by atoms with van der Waals surface area (Å²) in [4.78, 5) is 7.62. The van der Waals surface area contributed by atoms with Gasteiger partial charge in [-0.25, -0.2) is 13.8 Å². The second kappa shape index (κ2) is 5.01. The largest absolute Gasteiger partial charge is 0.342 e. The second-order valence-corrected chi connectivity index (χ2v) is 5.35. The standard InChI is InChI=1S/C17H12F2N4/c1-9-21-16(10-3-5-15-12(6-10)8-20-23-15)17(22-9)11-2-4-13(18)14(19)7-11/h2-8H,1H3,(H,20,23)(H,21,22). The minimum atomic E-state index is -0.889. The van der Waals surface area contributed by atoms with Gasteiger partial charge in [-0.3, -0.25) is 5.10 Å². The molecule has 0 amide bonds. The van der Waals surface area contributed by atoms with Crippen molar-refractivity contribution in [2.24, 2.45) is 0 Å². The Labute approximate surface area is 130 Å². The predicted molar refractivity (Wildman–Crippen MR) is 83.8 cm³/mol. The molecule has 0 aliphatic rings. The molecule has 2 N–H and O–H groups in total. The maximum absolute atomic E-state index is 13.5. The Morgan fingerprint density at radius 1 is 0.957 bits per heavy atom. The fourth-order valence-corrected chi connectivity index (χ4v) is 2.65. The Morgan fingerprint density at radius 3 is 2.61 bits per heavy atom. The van der Waals surface area contributed by atoms with E-state index in [2.05, 4.69) is 20.2 Å². The van der Waals surface area contributed by atoms with Crippen LogP contribution in [0.15, 0.2) is 42.6 Å². The van der Waals surface area contributed by atoms with E-state index < -0.39 is 11.6 Å². The van der Waals surface area contributed by atoms with Crippen molar-refractivity contribution in [2.75, 3.05) is 0 Å². The highest BCUT2D eigenvalue weighted by molar-refractivity contribution is 5.87. The third-order valence-electron chi connectivity index (χ3n) is 3.74. The Kier molecular flexibility index (Phi) is 2.97. The van der Waals surface area contributed by atoms with Crippen molar-refractivity contribution in [1.29, 1.82) is 0 Å². The lowest BCUT2D eigenvalue weighted by Gasteiger charge is -2.04. The van der Waals surface area contributed by atoms with Gasteiger partial charge in [0.2, 0.25) is 0 Å². The molecule has 0 atom stereocenters. The molecule has 0 radical (unpaired) electrons. The summed E-state index contributed by atoms with van der Waals surface area (Å²) in [6.45, 7) is 1.82. The Balaban J connectivity index is 1.90. The lowest BCUT2D eigenvalue weighted by molar-refractivity contribution is 0.509. The average molecular weight is 310 g/mol. The van der Waals surface area contributed by atoms with Gasteiger partial charge < -0.3 is 4.98 Å². The molecule has 0 aliphatic carbocycles. The zero-order chi connectivity index (χ0) is 16.0. The summed E-state index contributed by atoms with van der Waals surface area (Å²) < 4.78 is 26.7. The van der Waals surface area contributed by atoms with E-state index in [0.717, 1.165) is 34.3 Å². The lowest BCUT2D eigenvalue weighted by atomic mass is 10.0. The number of rotatable bonds is 2. The molecule has 0 fully saturated rings. The fraction of sp³-hybridized carbons (Fsp3) is 0.0588. The highest BCUT2D eigenvalue weighted by Gasteiger charge is 2.15. The zero-order valence-electron chi connectivity index (χ0n) is 12.2. The van der Waals surface area contributed by atoms with Crippen LogP contribution < -0.4 is 0 Å². The summed E-state index contributed by atoms with van der Waals surface area (Å²) in [5.74, 6) is -1.06. The summed E-state index contributed by atoms with van der Waals surface area (Å²) in [5, 5.41) is 7.86. The van der Waals surface area contributed by atoms with Gasteiger partial charge in [-0.15, -0.1) is 0 Å². The van der Waals surface area contributed by atoms with Crippen molar-refractivity contribution in [3.05, 3.63) is 60.1 Å². The molecular weight excluding hydrogens is 298 g/mol. The lowest BCUT2D eigenvalue weighted by Crippen LogP contribution is -1.88. The van der Waals surface area contributed by atoms with E-state index in [0.29, 0.717) is 17.1 Å². The summed E-state index contributed by atoms with van der Waals surface area (Å²) in [7, 11) is 0. The van der Waals surface area contributed by atoms with Crippen LogP contribution in [0.25, 0.3) is 33.4 Å². The van der Waals surface area contributed by atoms with E-state index in [9.17, 15) is 8.78 Å². The van der Waals surface area contributed by atoms with Gasteiger partial charge in [0.25, 0.3) is 0 Å². The van der Waals surface area contributed by atoms with E-state index >= 15 is 0 Å². The Morgan fingerprint density at radius 2 is 1.78 bits per heavy atom. The number of hydrogen-bond donors (Lipinski definition) is 2. The molecule has 0 bridgehead atoms. The number of nitrogens with zero attached hydrogens (tertiary/aromatic N) is 2. The van der Waals surface area contributed by atoms with Crippen LogP contribution in [0, 0.1) is 18.6 Å². The zero-order valence-corrected chi connectivity index (χ0v) is 12.2. The van der Waals surface area contributed by atoms with Gasteiger partial charge in [-0.2, -0.15) is 5.10 Å². The molecule has 4 rings (SSSR count). The van der Waals surface area contributed by atoms with E-state index in [1.165, 1.54) is 6.07 Å². The predicted octanol–water partition coefficient (Wildman–Crippen LogP) is 4.21. The van der Waals surface area contributed by atoms with Crippen LogP contribution in [-0.2, 0) is 0 Å². The molecule has 23 heavy (non-hydrogen) atoms. The number of benzene rings is 2. The maximum Gasteiger partial charge on any atom is 0.159 e. The van der Waals surface area contributed by atoms with Crippen LogP contribution in [0.4, 0.5) is 8.78 Å². The summed E-state index contributed by atoms with van der Waals surface area (Å²) in [6, 6.07) is 9.60. The Bertz CT molecular complexity index is 1020. The molecular formula is C17H12F2N4. The molecule has 0 unspecified atom stereocenters. The van der Waals surface area contributed by atoms with Gasteiger partial charge in [-0.05, 0) is 37.3 Å². The molecule has 4 nitrogen and oxygen atoms in total. The maximum atomic E-state index is 13.5. The molecule has 0 aliphatic heterocycles. The van der Waals surface area contributed by atoms with Crippen molar-refractivity contribution in [1.82, 2.24) is 20.2 Å². The first-order chi connectivity index (χ1) is 11.1. The van der Waals surface area contributed by atoms with E-state index in [4.69, 9.17) is 0 Å². The van der Waals surface area contributed by atoms with Crippen molar-refractivity contribution in [2.45, 2.75) is 6.92 Å². The fourth-order valence-electron chi connectivity index (χ4n) is 2.65. The molecule has 6 heteroatoms. The number of aryl methyl sites for hydroxylation is 1. The van der Waals surface area contributed by atoms with E-state index in [-0.39, 0.29) is 0 Å². The normalized spacial score (nSPS) is 11.3. The SMILES string of the molecule is Cc1nc(-c2ccc(F)c(F)c2)c(-c2ccc3[nH]ncc3c2)[nH]1. The number of halogens is 2. The number of aromatic nitrogens is 4. The number of fused-ring (bicyclic) bond motifs is 1. The van der Waals surface area contributed by atoms with E-state index in [1.54, 1.807) is 6.20 Å². The van der Waals surface area contributed by atoms with Crippen molar-refractivity contribution >= 4 is 10.9 Å². The smallest absolute Gasteiger partial charge is 0.159 e. The molecule has 114 valence electrons. The second-order valence-electron chi connectivity index (χ2n) is 5.35. The number of imidazole rings is 1. The molecule has 4 aromatic rings. The van der Waals surface area contributed by atoms with E-state index in [1.807, 2.05) is 25.1 Å². The van der Waals surface area contributed by atoms with Gasteiger partial charge >= 0.3 is 0 Å². The van der Waals surface area contributed by atoms with Crippen LogP contribution in [0.3, 0.4) is 0 Å². The van der Waals surface area contributed by atoms with Crippen molar-refractivity contribution in [3.63, 3.8) is 0 Å². The molecule has 0 saturated heterocycles. The minimum absolute atomic E-state index is 0.524. The summed E-state index contributed by atoms with van der Waals surface area (Å²) in [5.41, 5.74) is 3.70. The molecule has 2 aromatic carbocycles. The van der Waals surface area contributed by atoms with Crippen LogP contribution in [0.2, 0.25) is 0 Å². The number of hydrogen-bond acceptors (Lipinski definition) is 2. The molecule has 2 heterocycles. The van der Waals surface area contributed by atoms with Gasteiger partial charge in [-0.1, -0.05) is 6.07 Å². The first-order valence-electron chi connectivity index (χ1n) is 7.07. The molecule has 2 aromatic heterocycles. The molecule has 0 saturated carbocycles. The third kappa shape index (κ3) is 2.28. The number of H-pyrrole nitrogens is 2. The highest BCUT2D eigenvalue weighted by atomic mass is 19.2. The van der Waals surface area contributed by atoms with Gasteiger partial charge in [0.15, 0.2) is 11.6 Å². The Hall–Kier alpha value is -3.02. The van der Waals surface area contributed by atoms with Gasteiger partial charge in [0, 0.05) is 16.5 Å². The van der Waals surface area contributed by atoms with Crippen LogP contribution in [0.5, 0.6) is 0 Å². The quantitative estimate of drug-likeness (QED) is 0.583. The van der Waals surface area contributed by atoms with Crippen LogP contribution in [0.1, 0.15) is 5.82 Å². The minimum Gasteiger partial charge on any atom is -0.342 e. The highest BCUT2D eigenvalue weighted by Crippen LogP contribution is 2.32.